The molecule has 0 radical (unpaired) electrons. The highest BCUT2D eigenvalue weighted by molar-refractivity contribution is 5.30. The lowest BCUT2D eigenvalue weighted by molar-refractivity contribution is 0.117. The van der Waals surface area contributed by atoms with E-state index in [-0.39, 0.29) is 0 Å². The van der Waals surface area contributed by atoms with E-state index >= 15 is 0 Å². The molecular formula is C14H19N3. The molecule has 2 rings (SSSR count). The number of hydrogen-bond donors (Lipinski definition) is 0. The third-order valence-electron chi connectivity index (χ3n) is 3.62. The Bertz CT molecular complexity index is 422. The van der Waals surface area contributed by atoms with Gasteiger partial charge in [0, 0.05) is 30.9 Å². The molecule has 1 aliphatic rings. The Kier molecular flexibility index (Phi) is 3.75. The van der Waals surface area contributed by atoms with Gasteiger partial charge in [-0.3, -0.25) is 4.90 Å². The van der Waals surface area contributed by atoms with Crippen LogP contribution in [0.4, 0.5) is 0 Å². The monoisotopic (exact) mass is 229 g/mol. The maximum atomic E-state index is 9.03. The number of likely N-dealkylation sites (tertiary alicyclic amines) is 1. The number of pyridine rings is 1. The summed E-state index contributed by atoms with van der Waals surface area (Å²) in [6.45, 7) is 6.55. The number of nitriles is 1. The molecule has 1 saturated heterocycles. The van der Waals surface area contributed by atoms with Gasteiger partial charge in [-0.25, -0.2) is 4.98 Å². The molecule has 2 heterocycles. The van der Waals surface area contributed by atoms with E-state index < -0.39 is 0 Å². The summed E-state index contributed by atoms with van der Waals surface area (Å²) in [6.07, 6.45) is 4.25. The number of aromatic nitrogens is 1. The van der Waals surface area contributed by atoms with E-state index in [4.69, 9.17) is 5.26 Å². The quantitative estimate of drug-likeness (QED) is 0.782. The van der Waals surface area contributed by atoms with Gasteiger partial charge < -0.3 is 0 Å². The summed E-state index contributed by atoms with van der Waals surface area (Å²) in [6, 6.07) is 6.71. The fourth-order valence-corrected chi connectivity index (χ4v) is 2.49. The van der Waals surface area contributed by atoms with Gasteiger partial charge in [-0.05, 0) is 31.7 Å². The third kappa shape index (κ3) is 2.83. The zero-order valence-corrected chi connectivity index (χ0v) is 10.6. The maximum Gasteiger partial charge on any atom is 0.144 e. The van der Waals surface area contributed by atoms with Gasteiger partial charge in [0.25, 0.3) is 0 Å². The highest BCUT2D eigenvalue weighted by atomic mass is 15.2. The first-order valence-electron chi connectivity index (χ1n) is 6.28. The standard InChI is InChI=1S/C14H19N3/c1-11-5-6-12(2)17(9-11)10-13-4-3-7-16-14(13)8-15/h3-4,7,11-12H,5-6,9-10H2,1-2H3. The summed E-state index contributed by atoms with van der Waals surface area (Å²) in [7, 11) is 0. The van der Waals surface area contributed by atoms with E-state index in [9.17, 15) is 0 Å². The molecule has 0 aliphatic carbocycles. The van der Waals surface area contributed by atoms with Crippen molar-refractivity contribution in [3.05, 3.63) is 29.6 Å². The average Bonchev–Trinajstić information content (AvgIpc) is 2.34. The molecule has 2 atom stereocenters. The lowest BCUT2D eigenvalue weighted by Crippen LogP contribution is -2.40. The molecule has 0 N–H and O–H groups in total. The topological polar surface area (TPSA) is 39.9 Å². The van der Waals surface area contributed by atoms with Crippen LogP contribution >= 0.6 is 0 Å². The first-order valence-corrected chi connectivity index (χ1v) is 6.28. The third-order valence-corrected chi connectivity index (χ3v) is 3.62. The van der Waals surface area contributed by atoms with Crippen molar-refractivity contribution in [2.75, 3.05) is 6.54 Å². The molecule has 0 saturated carbocycles. The summed E-state index contributed by atoms with van der Waals surface area (Å²) in [5.74, 6) is 0.758. The summed E-state index contributed by atoms with van der Waals surface area (Å²) >= 11 is 0. The molecule has 1 aliphatic heterocycles. The van der Waals surface area contributed by atoms with Crippen LogP contribution < -0.4 is 0 Å². The van der Waals surface area contributed by atoms with Crippen LogP contribution in [0.15, 0.2) is 18.3 Å². The van der Waals surface area contributed by atoms with E-state index in [1.807, 2.05) is 12.1 Å². The molecule has 0 aromatic carbocycles. The predicted molar refractivity (Wildman–Crippen MR) is 67.2 cm³/mol. The van der Waals surface area contributed by atoms with Gasteiger partial charge in [-0.15, -0.1) is 0 Å². The zero-order chi connectivity index (χ0) is 12.3. The molecule has 90 valence electrons. The molecule has 1 aromatic rings. The minimum Gasteiger partial charge on any atom is -0.296 e. The molecule has 3 heteroatoms. The van der Waals surface area contributed by atoms with Gasteiger partial charge in [0.15, 0.2) is 0 Å². The Hall–Kier alpha value is -1.40. The highest BCUT2D eigenvalue weighted by Gasteiger charge is 2.23. The van der Waals surface area contributed by atoms with Crippen LogP contribution in [0, 0.1) is 17.2 Å². The second kappa shape index (κ2) is 5.29. The van der Waals surface area contributed by atoms with E-state index in [0.29, 0.717) is 11.7 Å². The van der Waals surface area contributed by atoms with Gasteiger partial charge in [-0.2, -0.15) is 5.26 Å². The summed E-state index contributed by atoms with van der Waals surface area (Å²) in [5, 5.41) is 9.03. The Labute approximate surface area is 103 Å². The molecule has 1 aromatic heterocycles. The average molecular weight is 229 g/mol. The number of hydrogen-bond acceptors (Lipinski definition) is 3. The molecule has 0 spiro atoms. The first-order chi connectivity index (χ1) is 8.20. The van der Waals surface area contributed by atoms with Crippen LogP contribution in [-0.2, 0) is 6.54 Å². The van der Waals surface area contributed by atoms with Crippen molar-refractivity contribution in [3.63, 3.8) is 0 Å². The van der Waals surface area contributed by atoms with Crippen molar-refractivity contribution in [1.29, 1.82) is 5.26 Å². The van der Waals surface area contributed by atoms with Crippen LogP contribution in [0.25, 0.3) is 0 Å². The van der Waals surface area contributed by atoms with Crippen molar-refractivity contribution in [2.45, 2.75) is 39.3 Å². The van der Waals surface area contributed by atoms with Crippen LogP contribution in [0.5, 0.6) is 0 Å². The largest absolute Gasteiger partial charge is 0.296 e. The number of nitrogens with zero attached hydrogens (tertiary/aromatic N) is 3. The van der Waals surface area contributed by atoms with Gasteiger partial charge in [-0.1, -0.05) is 13.0 Å². The highest BCUT2D eigenvalue weighted by Crippen LogP contribution is 2.23. The lowest BCUT2D eigenvalue weighted by atomic mass is 9.94. The van der Waals surface area contributed by atoms with Gasteiger partial charge in [0.2, 0.25) is 0 Å². The van der Waals surface area contributed by atoms with E-state index in [1.165, 1.54) is 12.8 Å². The molecule has 1 fully saturated rings. The van der Waals surface area contributed by atoms with Crippen molar-refractivity contribution in [2.24, 2.45) is 5.92 Å². The lowest BCUT2D eigenvalue weighted by Gasteiger charge is -2.36. The van der Waals surface area contributed by atoms with Gasteiger partial charge in [0.05, 0.1) is 0 Å². The fourth-order valence-electron chi connectivity index (χ4n) is 2.49. The molecular weight excluding hydrogens is 210 g/mol. The molecule has 17 heavy (non-hydrogen) atoms. The van der Waals surface area contributed by atoms with Crippen LogP contribution in [0.2, 0.25) is 0 Å². The normalized spacial score (nSPS) is 25.5. The van der Waals surface area contributed by atoms with Crippen molar-refractivity contribution in [3.8, 4) is 6.07 Å². The van der Waals surface area contributed by atoms with Crippen LogP contribution in [0.1, 0.15) is 37.9 Å². The number of piperidine rings is 1. The summed E-state index contributed by atoms with van der Waals surface area (Å²) < 4.78 is 0. The minimum atomic E-state index is 0.568. The summed E-state index contributed by atoms with van der Waals surface area (Å²) in [4.78, 5) is 6.58. The molecule has 0 amide bonds. The minimum absolute atomic E-state index is 0.568. The smallest absolute Gasteiger partial charge is 0.144 e. The predicted octanol–water partition coefficient (Wildman–Crippen LogP) is 2.57. The SMILES string of the molecule is CC1CCC(C)N(Cc2cccnc2C#N)C1. The molecule has 0 bridgehead atoms. The Morgan fingerprint density at radius 3 is 3.06 bits per heavy atom. The number of rotatable bonds is 2. The Balaban J connectivity index is 2.12. The first kappa shape index (κ1) is 12.1. The van der Waals surface area contributed by atoms with Crippen molar-refractivity contribution >= 4 is 0 Å². The van der Waals surface area contributed by atoms with Crippen LogP contribution in [0.3, 0.4) is 0 Å². The maximum absolute atomic E-state index is 9.03. The van der Waals surface area contributed by atoms with E-state index in [2.05, 4.69) is 29.8 Å². The molecule has 3 nitrogen and oxygen atoms in total. The van der Waals surface area contributed by atoms with E-state index in [0.717, 1.165) is 24.6 Å². The second-order valence-electron chi connectivity index (χ2n) is 5.08. The fraction of sp³-hybridized carbons (Fsp3) is 0.571. The van der Waals surface area contributed by atoms with E-state index in [1.54, 1.807) is 6.20 Å². The molecule has 2 unspecified atom stereocenters. The second-order valence-corrected chi connectivity index (χ2v) is 5.08. The van der Waals surface area contributed by atoms with Gasteiger partial charge in [0.1, 0.15) is 11.8 Å². The zero-order valence-electron chi connectivity index (χ0n) is 10.6. The van der Waals surface area contributed by atoms with Crippen LogP contribution in [-0.4, -0.2) is 22.5 Å². The van der Waals surface area contributed by atoms with Crippen molar-refractivity contribution < 1.29 is 0 Å². The Morgan fingerprint density at radius 1 is 1.47 bits per heavy atom. The van der Waals surface area contributed by atoms with Gasteiger partial charge >= 0.3 is 0 Å². The van der Waals surface area contributed by atoms with Crippen molar-refractivity contribution in [1.82, 2.24) is 9.88 Å². The Morgan fingerprint density at radius 2 is 2.29 bits per heavy atom. The summed E-state index contributed by atoms with van der Waals surface area (Å²) in [5.41, 5.74) is 1.62.